The van der Waals surface area contributed by atoms with Crippen LogP contribution in [-0.4, -0.2) is 45.9 Å². The molecule has 0 saturated carbocycles. The Morgan fingerprint density at radius 3 is 2.70 bits per heavy atom. The van der Waals surface area contributed by atoms with Crippen molar-refractivity contribution < 1.29 is 18.7 Å². The molecule has 1 aliphatic rings. The van der Waals surface area contributed by atoms with Gasteiger partial charge in [-0.3, -0.25) is 14.7 Å². The van der Waals surface area contributed by atoms with Crippen molar-refractivity contribution >= 4 is 27.8 Å². The first-order valence-electron chi connectivity index (χ1n) is 12.6. The molecular weight excluding hydrogens is 466 g/mol. The number of furan rings is 2. The highest BCUT2D eigenvalue weighted by atomic mass is 16.3. The molecule has 7 nitrogen and oxygen atoms in total. The Bertz CT molecular complexity index is 1540. The first kappa shape index (κ1) is 23.5. The summed E-state index contributed by atoms with van der Waals surface area (Å²) in [7, 11) is 1.77. The Balaban J connectivity index is 1.17. The maximum atomic E-state index is 13.2. The number of pyridine rings is 1. The number of benzene rings is 2. The summed E-state index contributed by atoms with van der Waals surface area (Å²) in [5.74, 6) is 1.02. The molecule has 188 valence electrons. The number of rotatable bonds is 6. The Morgan fingerprint density at radius 2 is 1.89 bits per heavy atom. The van der Waals surface area contributed by atoms with E-state index in [2.05, 4.69) is 9.88 Å². The molecule has 0 unspecified atom stereocenters. The predicted molar refractivity (Wildman–Crippen MR) is 141 cm³/mol. The molecule has 1 amide bonds. The van der Waals surface area contributed by atoms with Gasteiger partial charge in [-0.2, -0.15) is 0 Å². The molecule has 1 N–H and O–H groups in total. The van der Waals surface area contributed by atoms with E-state index in [1.807, 2.05) is 60.7 Å². The van der Waals surface area contributed by atoms with Crippen molar-refractivity contribution in [2.45, 2.75) is 31.5 Å². The van der Waals surface area contributed by atoms with E-state index >= 15 is 0 Å². The molecule has 1 aliphatic heterocycles. The zero-order chi connectivity index (χ0) is 25.4. The number of fused-ring (bicyclic) bond motifs is 2. The third kappa shape index (κ3) is 4.63. The predicted octanol–water partition coefficient (Wildman–Crippen LogP) is 5.33. The first-order chi connectivity index (χ1) is 18.0. The van der Waals surface area contributed by atoms with Crippen LogP contribution in [0.1, 0.15) is 40.3 Å². The van der Waals surface area contributed by atoms with Crippen LogP contribution in [0.5, 0.6) is 0 Å². The van der Waals surface area contributed by atoms with Gasteiger partial charge in [0.15, 0.2) is 5.76 Å². The zero-order valence-electron chi connectivity index (χ0n) is 20.8. The van der Waals surface area contributed by atoms with E-state index in [1.165, 1.54) is 0 Å². The second-order valence-corrected chi connectivity index (χ2v) is 9.90. The summed E-state index contributed by atoms with van der Waals surface area (Å²) < 4.78 is 11.4. The molecule has 0 radical (unpaired) electrons. The SMILES string of the molecule is CN(Cc1cccc2cccnc12)C(=O)c1cc2cc(C3(O)CCN(Cc4ccco4)CC3)ccc2o1. The van der Waals surface area contributed by atoms with Gasteiger partial charge in [-0.05, 0) is 60.4 Å². The van der Waals surface area contributed by atoms with Gasteiger partial charge < -0.3 is 18.8 Å². The van der Waals surface area contributed by atoms with Gasteiger partial charge in [-0.25, -0.2) is 0 Å². The van der Waals surface area contributed by atoms with E-state index in [-0.39, 0.29) is 11.7 Å². The Labute approximate surface area is 214 Å². The van der Waals surface area contributed by atoms with E-state index in [9.17, 15) is 9.90 Å². The number of carbonyl (C=O) groups is 1. The monoisotopic (exact) mass is 495 g/mol. The lowest BCUT2D eigenvalue weighted by atomic mass is 9.84. The number of hydrogen-bond acceptors (Lipinski definition) is 6. The van der Waals surface area contributed by atoms with Crippen LogP contribution in [0, 0.1) is 0 Å². The standard InChI is InChI=1S/C30H29N3O4/c1-32(19-22-6-2-5-21-7-3-13-31-28(21)22)29(34)27-18-23-17-24(9-10-26(23)37-27)30(35)11-14-33(15-12-30)20-25-8-4-16-36-25/h2-10,13,16-18,35H,11-12,14-15,19-20H2,1H3. The molecule has 37 heavy (non-hydrogen) atoms. The molecule has 1 saturated heterocycles. The largest absolute Gasteiger partial charge is 0.468 e. The summed E-state index contributed by atoms with van der Waals surface area (Å²) in [6.45, 7) is 2.72. The van der Waals surface area contributed by atoms with Gasteiger partial charge in [0.05, 0.1) is 23.9 Å². The summed E-state index contributed by atoms with van der Waals surface area (Å²) in [4.78, 5) is 21.6. The number of amides is 1. The zero-order valence-corrected chi connectivity index (χ0v) is 20.8. The van der Waals surface area contributed by atoms with Crippen LogP contribution < -0.4 is 0 Å². The van der Waals surface area contributed by atoms with Crippen LogP contribution in [0.15, 0.2) is 88.0 Å². The van der Waals surface area contributed by atoms with Crippen LogP contribution in [-0.2, 0) is 18.7 Å². The number of hydrogen-bond donors (Lipinski definition) is 1. The molecule has 7 heteroatoms. The second kappa shape index (κ2) is 9.50. The Kier molecular flexibility index (Phi) is 6.02. The van der Waals surface area contributed by atoms with Crippen molar-refractivity contribution in [2.75, 3.05) is 20.1 Å². The maximum Gasteiger partial charge on any atom is 0.289 e. The topological polar surface area (TPSA) is 83.0 Å². The molecule has 5 aromatic rings. The van der Waals surface area contributed by atoms with Gasteiger partial charge in [0.1, 0.15) is 11.3 Å². The van der Waals surface area contributed by atoms with Crippen LogP contribution >= 0.6 is 0 Å². The average molecular weight is 496 g/mol. The molecule has 6 rings (SSSR count). The lowest BCUT2D eigenvalue weighted by Crippen LogP contribution is -2.42. The molecule has 0 spiro atoms. The molecule has 0 atom stereocenters. The lowest BCUT2D eigenvalue weighted by Gasteiger charge is -2.38. The number of carbonyl (C=O) groups excluding carboxylic acids is 1. The summed E-state index contributed by atoms with van der Waals surface area (Å²) >= 11 is 0. The van der Waals surface area contributed by atoms with Gasteiger partial charge in [-0.1, -0.05) is 30.3 Å². The van der Waals surface area contributed by atoms with Crippen LogP contribution in [0.2, 0.25) is 0 Å². The maximum absolute atomic E-state index is 13.2. The molecule has 4 heterocycles. The van der Waals surface area contributed by atoms with E-state index in [1.54, 1.807) is 30.5 Å². The molecule has 3 aromatic heterocycles. The van der Waals surface area contributed by atoms with Crippen molar-refractivity contribution in [2.24, 2.45) is 0 Å². The normalized spacial score (nSPS) is 15.8. The minimum absolute atomic E-state index is 0.198. The number of aromatic nitrogens is 1. The lowest BCUT2D eigenvalue weighted by molar-refractivity contribution is -0.0288. The molecular formula is C30H29N3O4. The minimum Gasteiger partial charge on any atom is -0.468 e. The molecule has 2 aromatic carbocycles. The average Bonchev–Trinajstić information content (AvgIpc) is 3.59. The summed E-state index contributed by atoms with van der Waals surface area (Å²) in [5, 5.41) is 13.3. The number of aliphatic hydroxyl groups is 1. The van der Waals surface area contributed by atoms with Crippen LogP contribution in [0.4, 0.5) is 0 Å². The highest BCUT2D eigenvalue weighted by molar-refractivity contribution is 5.96. The fourth-order valence-electron chi connectivity index (χ4n) is 5.24. The third-order valence-corrected chi connectivity index (χ3v) is 7.38. The van der Waals surface area contributed by atoms with E-state index in [0.717, 1.165) is 52.8 Å². The van der Waals surface area contributed by atoms with Crippen molar-refractivity contribution in [3.05, 3.63) is 102 Å². The van der Waals surface area contributed by atoms with Crippen molar-refractivity contribution in [3.8, 4) is 0 Å². The minimum atomic E-state index is -0.909. The summed E-state index contributed by atoms with van der Waals surface area (Å²) in [6.07, 6.45) is 4.71. The second-order valence-electron chi connectivity index (χ2n) is 9.90. The summed E-state index contributed by atoms with van der Waals surface area (Å²) in [5.41, 5.74) is 2.45. The molecule has 0 aliphatic carbocycles. The highest BCUT2D eigenvalue weighted by Crippen LogP contribution is 2.35. The Morgan fingerprint density at radius 1 is 1.05 bits per heavy atom. The van der Waals surface area contributed by atoms with Gasteiger partial charge in [0.2, 0.25) is 0 Å². The van der Waals surface area contributed by atoms with Crippen LogP contribution in [0.3, 0.4) is 0 Å². The van der Waals surface area contributed by atoms with Crippen molar-refractivity contribution in [1.29, 1.82) is 0 Å². The Hall–Kier alpha value is -3.94. The van der Waals surface area contributed by atoms with E-state index < -0.39 is 5.60 Å². The first-order valence-corrected chi connectivity index (χ1v) is 12.6. The van der Waals surface area contributed by atoms with Gasteiger partial charge >= 0.3 is 0 Å². The fraction of sp³-hybridized carbons (Fsp3) is 0.267. The van der Waals surface area contributed by atoms with Gasteiger partial charge in [0.25, 0.3) is 5.91 Å². The van der Waals surface area contributed by atoms with Gasteiger partial charge in [0, 0.05) is 43.7 Å². The number of para-hydroxylation sites is 1. The summed E-state index contributed by atoms with van der Waals surface area (Å²) in [6, 6.07) is 21.3. The quantitative estimate of drug-likeness (QED) is 0.343. The van der Waals surface area contributed by atoms with E-state index in [4.69, 9.17) is 8.83 Å². The van der Waals surface area contributed by atoms with Crippen LogP contribution in [0.25, 0.3) is 21.9 Å². The smallest absolute Gasteiger partial charge is 0.289 e. The molecule has 1 fully saturated rings. The number of nitrogens with zero attached hydrogens (tertiary/aromatic N) is 3. The molecule has 0 bridgehead atoms. The van der Waals surface area contributed by atoms with Crippen molar-refractivity contribution in [3.63, 3.8) is 0 Å². The van der Waals surface area contributed by atoms with Crippen molar-refractivity contribution in [1.82, 2.24) is 14.8 Å². The number of likely N-dealkylation sites (tertiary alicyclic amines) is 1. The highest BCUT2D eigenvalue weighted by Gasteiger charge is 2.34. The fourth-order valence-corrected chi connectivity index (χ4v) is 5.24. The third-order valence-electron chi connectivity index (χ3n) is 7.38. The van der Waals surface area contributed by atoms with E-state index in [0.29, 0.717) is 25.0 Å². The van der Waals surface area contributed by atoms with Gasteiger partial charge in [-0.15, -0.1) is 0 Å². The number of piperidine rings is 1.